The summed E-state index contributed by atoms with van der Waals surface area (Å²) in [7, 11) is 0. The van der Waals surface area contributed by atoms with Crippen LogP contribution in [0.5, 0.6) is 0 Å². The summed E-state index contributed by atoms with van der Waals surface area (Å²) >= 11 is 0. The maximum Gasteiger partial charge on any atom is 0.249 e. The molecule has 39 heavy (non-hydrogen) atoms. The molecule has 0 spiro atoms. The van der Waals surface area contributed by atoms with Gasteiger partial charge in [-0.3, -0.25) is 9.59 Å². The molecule has 1 amide bonds. The van der Waals surface area contributed by atoms with Crippen LogP contribution in [0.25, 0.3) is 11.4 Å². The van der Waals surface area contributed by atoms with E-state index in [4.69, 9.17) is 10.3 Å². The zero-order valence-electron chi connectivity index (χ0n) is 22.2. The Morgan fingerprint density at radius 3 is 2.41 bits per heavy atom. The molecular weight excluding hydrogens is 499 g/mol. The van der Waals surface area contributed by atoms with Gasteiger partial charge in [-0.05, 0) is 99.2 Å². The molecule has 1 saturated heterocycles. The fraction of sp³-hybridized carbons (Fsp3) is 0.467. The van der Waals surface area contributed by atoms with Gasteiger partial charge in [0.05, 0.1) is 0 Å². The van der Waals surface area contributed by atoms with Gasteiger partial charge in [-0.2, -0.15) is 4.98 Å². The van der Waals surface area contributed by atoms with E-state index in [1.54, 1.807) is 13.0 Å². The van der Waals surface area contributed by atoms with Crippen molar-refractivity contribution in [1.29, 1.82) is 0 Å². The zero-order chi connectivity index (χ0) is 27.6. The van der Waals surface area contributed by atoms with Gasteiger partial charge in [-0.25, -0.2) is 4.39 Å². The molecule has 2 fully saturated rings. The Morgan fingerprint density at radius 1 is 1.10 bits per heavy atom. The Kier molecular flexibility index (Phi) is 7.91. The van der Waals surface area contributed by atoms with Gasteiger partial charge in [0.15, 0.2) is 5.78 Å². The number of amides is 1. The van der Waals surface area contributed by atoms with Crippen LogP contribution in [0, 0.1) is 18.7 Å². The van der Waals surface area contributed by atoms with Gasteiger partial charge >= 0.3 is 0 Å². The summed E-state index contributed by atoms with van der Waals surface area (Å²) in [6.07, 6.45) is 5.78. The summed E-state index contributed by atoms with van der Waals surface area (Å²) < 4.78 is 18.4. The van der Waals surface area contributed by atoms with E-state index in [0.29, 0.717) is 54.7 Å². The SMILES string of the molecule is Cc1nc(-c2cccc(C(N)=O)c2C2CCC(CCN3CCC(O)(C(=O)c4ccc(F)cc4)CC3)CC2)no1. The van der Waals surface area contributed by atoms with Gasteiger partial charge in [-0.15, -0.1) is 0 Å². The fourth-order valence-electron chi connectivity index (χ4n) is 6.17. The first-order chi connectivity index (χ1) is 18.7. The number of hydrogen-bond donors (Lipinski definition) is 2. The van der Waals surface area contributed by atoms with Gasteiger partial charge in [0.1, 0.15) is 11.4 Å². The second-order valence-corrected chi connectivity index (χ2v) is 11.0. The molecule has 2 aliphatic rings. The van der Waals surface area contributed by atoms with Crippen molar-refractivity contribution in [2.24, 2.45) is 11.7 Å². The van der Waals surface area contributed by atoms with Crippen LogP contribution in [0.15, 0.2) is 47.0 Å². The average molecular weight is 535 g/mol. The molecule has 1 saturated carbocycles. The lowest BCUT2D eigenvalue weighted by atomic mass is 9.75. The maximum absolute atomic E-state index is 13.2. The summed E-state index contributed by atoms with van der Waals surface area (Å²) in [6.45, 7) is 3.96. The minimum atomic E-state index is -1.39. The molecule has 3 aromatic rings. The minimum absolute atomic E-state index is 0.196. The van der Waals surface area contributed by atoms with E-state index in [1.165, 1.54) is 24.3 Å². The van der Waals surface area contributed by atoms with E-state index in [0.717, 1.165) is 49.8 Å². The van der Waals surface area contributed by atoms with E-state index in [1.807, 2.05) is 12.1 Å². The second-order valence-electron chi connectivity index (χ2n) is 11.0. The number of hydrogen-bond acceptors (Lipinski definition) is 7. The third-order valence-electron chi connectivity index (χ3n) is 8.46. The quantitative estimate of drug-likeness (QED) is 0.403. The highest BCUT2D eigenvalue weighted by Gasteiger charge is 2.39. The third kappa shape index (κ3) is 5.94. The van der Waals surface area contributed by atoms with Gasteiger partial charge in [-0.1, -0.05) is 17.3 Å². The van der Waals surface area contributed by atoms with Gasteiger partial charge in [0.25, 0.3) is 0 Å². The smallest absolute Gasteiger partial charge is 0.249 e. The molecule has 2 aromatic carbocycles. The van der Waals surface area contributed by atoms with Crippen molar-refractivity contribution in [3.8, 4) is 11.4 Å². The largest absolute Gasteiger partial charge is 0.382 e. The number of primary amides is 1. The highest BCUT2D eigenvalue weighted by atomic mass is 19.1. The number of likely N-dealkylation sites (tertiary alicyclic amines) is 1. The molecule has 0 bridgehead atoms. The lowest BCUT2D eigenvalue weighted by Gasteiger charge is -2.38. The number of aliphatic hydroxyl groups is 1. The summed E-state index contributed by atoms with van der Waals surface area (Å²) in [4.78, 5) is 31.8. The number of piperidine rings is 1. The Balaban J connectivity index is 1.15. The van der Waals surface area contributed by atoms with Crippen molar-refractivity contribution in [1.82, 2.24) is 15.0 Å². The highest BCUT2D eigenvalue weighted by molar-refractivity contribution is 6.02. The molecule has 9 heteroatoms. The number of carbonyl (C=O) groups excluding carboxylic acids is 2. The molecule has 8 nitrogen and oxygen atoms in total. The van der Waals surface area contributed by atoms with Crippen LogP contribution < -0.4 is 5.73 Å². The topological polar surface area (TPSA) is 123 Å². The predicted octanol–water partition coefficient (Wildman–Crippen LogP) is 4.66. The van der Waals surface area contributed by atoms with E-state index >= 15 is 0 Å². The van der Waals surface area contributed by atoms with Gasteiger partial charge < -0.3 is 20.3 Å². The van der Waals surface area contributed by atoms with Gasteiger partial charge in [0, 0.05) is 36.7 Å². The minimum Gasteiger partial charge on any atom is -0.382 e. The van der Waals surface area contributed by atoms with Crippen molar-refractivity contribution in [3.63, 3.8) is 0 Å². The predicted molar refractivity (Wildman–Crippen MR) is 144 cm³/mol. The highest BCUT2D eigenvalue weighted by Crippen LogP contribution is 2.42. The molecule has 2 heterocycles. The molecule has 3 N–H and O–H groups in total. The van der Waals surface area contributed by atoms with Crippen molar-refractivity contribution < 1.29 is 23.6 Å². The molecule has 206 valence electrons. The molecule has 1 aliphatic heterocycles. The molecule has 0 atom stereocenters. The number of ketones is 1. The van der Waals surface area contributed by atoms with Crippen LogP contribution >= 0.6 is 0 Å². The first-order valence-corrected chi connectivity index (χ1v) is 13.7. The molecule has 0 radical (unpaired) electrons. The van der Waals surface area contributed by atoms with E-state index in [-0.39, 0.29) is 11.7 Å². The summed E-state index contributed by atoms with van der Waals surface area (Å²) in [5.74, 6) is 0.544. The lowest BCUT2D eigenvalue weighted by molar-refractivity contribution is -0.00737. The standard InChI is InChI=1S/C30H35FN4O4/c1-19-33-29(34-39-19)25-4-2-3-24(28(32)37)26(25)21-7-5-20(6-8-21)13-16-35-17-14-30(38,15-18-35)27(36)22-9-11-23(31)12-10-22/h2-4,9-12,20-21,38H,5-8,13-18H2,1H3,(H2,32,37). The van der Waals surface area contributed by atoms with Crippen LogP contribution in [0.4, 0.5) is 4.39 Å². The van der Waals surface area contributed by atoms with E-state index in [9.17, 15) is 19.1 Å². The number of nitrogens with two attached hydrogens (primary N) is 1. The number of aromatic nitrogens is 2. The monoisotopic (exact) mass is 534 g/mol. The number of carbonyl (C=O) groups is 2. The summed E-state index contributed by atoms with van der Waals surface area (Å²) in [5, 5.41) is 15.1. The third-order valence-corrected chi connectivity index (χ3v) is 8.46. The van der Waals surface area contributed by atoms with Crippen LogP contribution in [0.3, 0.4) is 0 Å². The van der Waals surface area contributed by atoms with Crippen LogP contribution in [0.2, 0.25) is 0 Å². The number of aryl methyl sites for hydroxylation is 1. The van der Waals surface area contributed by atoms with Crippen molar-refractivity contribution >= 4 is 11.7 Å². The van der Waals surface area contributed by atoms with Gasteiger partial charge in [0.2, 0.25) is 17.6 Å². The average Bonchev–Trinajstić information content (AvgIpc) is 3.38. The van der Waals surface area contributed by atoms with Crippen molar-refractivity contribution in [2.45, 2.75) is 63.4 Å². The van der Waals surface area contributed by atoms with E-state index in [2.05, 4.69) is 15.0 Å². The maximum atomic E-state index is 13.2. The molecule has 1 aliphatic carbocycles. The fourth-order valence-corrected chi connectivity index (χ4v) is 6.17. The first-order valence-electron chi connectivity index (χ1n) is 13.7. The van der Waals surface area contributed by atoms with Crippen LogP contribution in [-0.2, 0) is 0 Å². The molecule has 0 unspecified atom stereocenters. The zero-order valence-corrected chi connectivity index (χ0v) is 22.2. The van der Waals surface area contributed by atoms with Crippen LogP contribution in [-0.4, -0.2) is 57.1 Å². The van der Waals surface area contributed by atoms with Crippen LogP contribution in [0.1, 0.15) is 83.0 Å². The molecule has 5 rings (SSSR count). The molecular formula is C30H35FN4O4. The number of benzene rings is 2. The summed E-state index contributed by atoms with van der Waals surface area (Å²) in [5.41, 5.74) is 6.95. The molecule has 1 aromatic heterocycles. The van der Waals surface area contributed by atoms with E-state index < -0.39 is 17.3 Å². The lowest BCUT2D eigenvalue weighted by Crippen LogP contribution is -2.49. The Labute approximate surface area is 227 Å². The number of rotatable bonds is 8. The second kappa shape index (κ2) is 11.4. The number of Topliss-reactive ketones (excluding diaryl/α,β-unsaturated/α-hetero) is 1. The Morgan fingerprint density at radius 2 is 1.79 bits per heavy atom. The normalized spacial score (nSPS) is 21.5. The van der Waals surface area contributed by atoms with Crippen molar-refractivity contribution in [3.05, 3.63) is 70.9 Å². The Bertz CT molecular complexity index is 1320. The summed E-state index contributed by atoms with van der Waals surface area (Å²) in [6, 6.07) is 10.9. The number of halogens is 1. The first kappa shape index (κ1) is 27.1. The Hall–Kier alpha value is -3.43. The number of nitrogens with zero attached hydrogens (tertiary/aromatic N) is 3. The van der Waals surface area contributed by atoms with Crippen molar-refractivity contribution in [2.75, 3.05) is 19.6 Å².